The highest BCUT2D eigenvalue weighted by Crippen LogP contribution is 2.32. The molecule has 0 radical (unpaired) electrons. The fourth-order valence-corrected chi connectivity index (χ4v) is 2.82. The summed E-state index contributed by atoms with van der Waals surface area (Å²) in [5.41, 5.74) is 10.5. The highest BCUT2D eigenvalue weighted by molar-refractivity contribution is 6.00. The minimum absolute atomic E-state index is 0.668. The summed E-state index contributed by atoms with van der Waals surface area (Å²) in [5.74, 6) is 0.760. The minimum atomic E-state index is 0.668. The van der Waals surface area contributed by atoms with E-state index in [1.165, 1.54) is 0 Å². The van der Waals surface area contributed by atoms with Gasteiger partial charge in [-0.1, -0.05) is 24.3 Å². The van der Waals surface area contributed by atoms with Gasteiger partial charge in [0, 0.05) is 22.5 Å². The SMILES string of the molecule is COc1ccc(N)c(Nc2cccc3nc4ccccc4cc23)c1. The lowest BCUT2D eigenvalue weighted by Gasteiger charge is -2.13. The molecule has 0 aliphatic carbocycles. The lowest BCUT2D eigenvalue weighted by molar-refractivity contribution is 0.415. The molecule has 1 aromatic heterocycles. The molecule has 0 saturated heterocycles. The van der Waals surface area contributed by atoms with Gasteiger partial charge in [0.1, 0.15) is 5.75 Å². The average Bonchev–Trinajstić information content (AvgIpc) is 2.62. The van der Waals surface area contributed by atoms with Crippen LogP contribution in [0.1, 0.15) is 0 Å². The van der Waals surface area contributed by atoms with E-state index in [1.807, 2.05) is 54.6 Å². The molecule has 24 heavy (non-hydrogen) atoms. The number of para-hydroxylation sites is 1. The Labute approximate surface area is 139 Å². The molecule has 0 amide bonds. The van der Waals surface area contributed by atoms with Gasteiger partial charge in [0.2, 0.25) is 0 Å². The third-order valence-corrected chi connectivity index (χ3v) is 4.09. The lowest BCUT2D eigenvalue weighted by Crippen LogP contribution is -1.98. The zero-order valence-corrected chi connectivity index (χ0v) is 13.3. The van der Waals surface area contributed by atoms with Crippen molar-refractivity contribution in [2.24, 2.45) is 0 Å². The van der Waals surface area contributed by atoms with Crippen LogP contribution in [0.15, 0.2) is 66.7 Å². The van der Waals surface area contributed by atoms with Gasteiger partial charge in [-0.25, -0.2) is 4.98 Å². The van der Waals surface area contributed by atoms with E-state index in [1.54, 1.807) is 7.11 Å². The third-order valence-electron chi connectivity index (χ3n) is 4.09. The quantitative estimate of drug-likeness (QED) is 0.424. The summed E-state index contributed by atoms with van der Waals surface area (Å²) >= 11 is 0. The first-order valence-electron chi connectivity index (χ1n) is 7.74. The smallest absolute Gasteiger partial charge is 0.121 e. The number of nitrogen functional groups attached to an aromatic ring is 1. The van der Waals surface area contributed by atoms with E-state index in [4.69, 9.17) is 15.5 Å². The zero-order valence-electron chi connectivity index (χ0n) is 13.3. The third kappa shape index (κ3) is 2.48. The topological polar surface area (TPSA) is 60.2 Å². The van der Waals surface area contributed by atoms with Crippen molar-refractivity contribution in [1.82, 2.24) is 4.98 Å². The fraction of sp³-hybridized carbons (Fsp3) is 0.0500. The molecule has 0 fully saturated rings. The molecule has 4 aromatic rings. The van der Waals surface area contributed by atoms with Gasteiger partial charge in [0.25, 0.3) is 0 Å². The number of benzene rings is 3. The van der Waals surface area contributed by atoms with Crippen molar-refractivity contribution in [3.05, 3.63) is 66.7 Å². The number of nitrogens with two attached hydrogens (primary N) is 1. The molecule has 4 heteroatoms. The van der Waals surface area contributed by atoms with E-state index in [2.05, 4.69) is 17.4 Å². The van der Waals surface area contributed by atoms with Gasteiger partial charge in [0.05, 0.1) is 29.5 Å². The highest BCUT2D eigenvalue weighted by Gasteiger charge is 2.07. The molecule has 0 aliphatic heterocycles. The maximum absolute atomic E-state index is 6.09. The lowest BCUT2D eigenvalue weighted by atomic mass is 10.1. The summed E-state index contributed by atoms with van der Waals surface area (Å²) in [5, 5.41) is 5.57. The number of aromatic nitrogens is 1. The summed E-state index contributed by atoms with van der Waals surface area (Å²) < 4.78 is 5.28. The summed E-state index contributed by atoms with van der Waals surface area (Å²) in [6.45, 7) is 0. The molecule has 118 valence electrons. The van der Waals surface area contributed by atoms with Crippen molar-refractivity contribution in [3.8, 4) is 5.75 Å². The summed E-state index contributed by atoms with van der Waals surface area (Å²) in [7, 11) is 1.64. The van der Waals surface area contributed by atoms with Gasteiger partial charge in [-0.15, -0.1) is 0 Å². The van der Waals surface area contributed by atoms with E-state index in [9.17, 15) is 0 Å². The van der Waals surface area contributed by atoms with E-state index in [-0.39, 0.29) is 0 Å². The number of ether oxygens (including phenoxy) is 1. The Morgan fingerprint density at radius 3 is 2.58 bits per heavy atom. The Balaban J connectivity index is 1.86. The number of anilines is 3. The van der Waals surface area contributed by atoms with E-state index in [0.717, 1.165) is 38.9 Å². The molecule has 4 nitrogen and oxygen atoms in total. The fourth-order valence-electron chi connectivity index (χ4n) is 2.82. The van der Waals surface area contributed by atoms with Crippen LogP contribution in [-0.4, -0.2) is 12.1 Å². The Morgan fingerprint density at radius 2 is 1.71 bits per heavy atom. The van der Waals surface area contributed by atoms with E-state index >= 15 is 0 Å². The van der Waals surface area contributed by atoms with Gasteiger partial charge in [0.15, 0.2) is 0 Å². The summed E-state index contributed by atoms with van der Waals surface area (Å²) in [4.78, 5) is 4.74. The molecule has 1 heterocycles. The Hall–Kier alpha value is -3.27. The van der Waals surface area contributed by atoms with Crippen molar-refractivity contribution >= 4 is 38.9 Å². The van der Waals surface area contributed by atoms with Crippen LogP contribution in [0.3, 0.4) is 0 Å². The number of hydrogen-bond donors (Lipinski definition) is 2. The standard InChI is InChI=1S/C20H17N3O/c1-24-14-9-10-16(21)20(12-14)23-19-8-4-7-18-15(19)11-13-5-2-3-6-17(13)22-18/h2-12,23H,21H2,1H3. The molecule has 0 unspecified atom stereocenters. The van der Waals surface area contributed by atoms with Crippen LogP contribution in [0, 0.1) is 0 Å². The predicted octanol–water partition coefficient (Wildman–Crippen LogP) is 4.72. The highest BCUT2D eigenvalue weighted by atomic mass is 16.5. The average molecular weight is 315 g/mol. The number of hydrogen-bond acceptors (Lipinski definition) is 4. The van der Waals surface area contributed by atoms with Crippen molar-refractivity contribution < 1.29 is 4.74 Å². The monoisotopic (exact) mass is 315 g/mol. The van der Waals surface area contributed by atoms with E-state index in [0.29, 0.717) is 5.69 Å². The van der Waals surface area contributed by atoms with Gasteiger partial charge in [-0.05, 0) is 36.4 Å². The Morgan fingerprint density at radius 1 is 0.875 bits per heavy atom. The number of pyridine rings is 1. The number of methoxy groups -OCH3 is 1. The van der Waals surface area contributed by atoms with Crippen LogP contribution in [0.5, 0.6) is 5.75 Å². The molecular formula is C20H17N3O. The molecule has 0 saturated carbocycles. The first-order chi connectivity index (χ1) is 11.7. The second kappa shape index (κ2) is 5.74. The van der Waals surface area contributed by atoms with Crippen molar-refractivity contribution in [2.75, 3.05) is 18.2 Å². The number of nitrogens with one attached hydrogen (secondary N) is 1. The van der Waals surface area contributed by atoms with Gasteiger partial charge >= 0.3 is 0 Å². The summed E-state index contributed by atoms with van der Waals surface area (Å²) in [6.07, 6.45) is 0. The molecular weight excluding hydrogens is 298 g/mol. The van der Waals surface area contributed by atoms with Gasteiger partial charge < -0.3 is 15.8 Å². The van der Waals surface area contributed by atoms with Crippen LogP contribution in [0.25, 0.3) is 21.8 Å². The van der Waals surface area contributed by atoms with Crippen LogP contribution < -0.4 is 15.8 Å². The minimum Gasteiger partial charge on any atom is -0.497 e. The maximum atomic E-state index is 6.09. The second-order valence-corrected chi connectivity index (χ2v) is 5.63. The number of rotatable bonds is 3. The molecule has 0 spiro atoms. The molecule has 0 aliphatic rings. The molecule has 3 N–H and O–H groups in total. The number of nitrogens with zero attached hydrogens (tertiary/aromatic N) is 1. The van der Waals surface area contributed by atoms with Crippen molar-refractivity contribution in [2.45, 2.75) is 0 Å². The van der Waals surface area contributed by atoms with Gasteiger partial charge in [-0.3, -0.25) is 0 Å². The Kier molecular flexibility index (Phi) is 3.43. The van der Waals surface area contributed by atoms with Crippen LogP contribution in [0.4, 0.5) is 17.1 Å². The zero-order chi connectivity index (χ0) is 16.5. The summed E-state index contributed by atoms with van der Waals surface area (Å²) in [6, 6.07) is 21.9. The Bertz CT molecular complexity index is 1040. The van der Waals surface area contributed by atoms with Crippen LogP contribution in [0.2, 0.25) is 0 Å². The molecule has 0 bridgehead atoms. The second-order valence-electron chi connectivity index (χ2n) is 5.63. The van der Waals surface area contributed by atoms with Crippen molar-refractivity contribution in [3.63, 3.8) is 0 Å². The molecule has 0 atom stereocenters. The van der Waals surface area contributed by atoms with Crippen LogP contribution >= 0.6 is 0 Å². The first-order valence-corrected chi connectivity index (χ1v) is 7.74. The normalized spacial score (nSPS) is 10.9. The molecule has 3 aromatic carbocycles. The van der Waals surface area contributed by atoms with Gasteiger partial charge in [-0.2, -0.15) is 0 Å². The first kappa shape index (κ1) is 14.3. The van der Waals surface area contributed by atoms with Crippen molar-refractivity contribution in [1.29, 1.82) is 0 Å². The maximum Gasteiger partial charge on any atom is 0.121 e. The largest absolute Gasteiger partial charge is 0.497 e. The van der Waals surface area contributed by atoms with Crippen LogP contribution in [-0.2, 0) is 0 Å². The predicted molar refractivity (Wildman–Crippen MR) is 99.9 cm³/mol. The van der Waals surface area contributed by atoms with E-state index < -0.39 is 0 Å². The molecule has 4 rings (SSSR count). The number of fused-ring (bicyclic) bond motifs is 2.